The van der Waals surface area contributed by atoms with Crippen LogP contribution in [0.5, 0.6) is 0 Å². The van der Waals surface area contributed by atoms with Crippen molar-refractivity contribution in [3.8, 4) is 22.6 Å². The van der Waals surface area contributed by atoms with Crippen molar-refractivity contribution in [1.82, 2.24) is 9.97 Å². The number of hydrogen-bond acceptors (Lipinski definition) is 6. The molecule has 118 valence electrons. The molecule has 4 rings (SSSR count). The molecule has 0 saturated heterocycles. The number of nitrogens with zero attached hydrogens (tertiary/aromatic N) is 2. The zero-order chi connectivity index (χ0) is 16.5. The molecule has 6 heteroatoms. The number of benzene rings is 2. The van der Waals surface area contributed by atoms with Gasteiger partial charge in [0.25, 0.3) is 0 Å². The largest absolute Gasteiger partial charge is 0.396 e. The molecule has 0 aliphatic carbocycles. The van der Waals surface area contributed by atoms with E-state index in [2.05, 4.69) is 4.98 Å². The first kappa shape index (κ1) is 15.1. The van der Waals surface area contributed by atoms with Crippen LogP contribution in [0.25, 0.3) is 32.9 Å². The van der Waals surface area contributed by atoms with Crippen molar-refractivity contribution in [3.05, 3.63) is 60.7 Å². The summed E-state index contributed by atoms with van der Waals surface area (Å²) < 4.78 is 10.1. The van der Waals surface area contributed by atoms with Crippen LogP contribution in [0.15, 0.2) is 64.9 Å². The van der Waals surface area contributed by atoms with E-state index < -0.39 is 0 Å². The minimum Gasteiger partial charge on any atom is -0.396 e. The van der Waals surface area contributed by atoms with Gasteiger partial charge in [-0.2, -0.15) is 0 Å². The molecule has 0 unspecified atom stereocenters. The molecule has 0 bridgehead atoms. The Hall–Kier alpha value is -2.41. The molecule has 2 aromatic carbocycles. The lowest BCUT2D eigenvalue weighted by Gasteiger charge is -2.07. The first-order valence-electron chi connectivity index (χ1n) is 7.30. The van der Waals surface area contributed by atoms with Crippen LogP contribution in [0.3, 0.4) is 0 Å². The van der Waals surface area contributed by atoms with Crippen LogP contribution in [-0.4, -0.2) is 14.5 Å². The predicted molar refractivity (Wildman–Crippen MR) is 101 cm³/mol. The molecule has 3 N–H and O–H groups in total. The number of nitrogens with two attached hydrogens (primary N) is 1. The van der Waals surface area contributed by atoms with Crippen LogP contribution < -0.4 is 5.73 Å². The molecule has 2 heterocycles. The van der Waals surface area contributed by atoms with Crippen LogP contribution in [0.2, 0.25) is 0 Å². The van der Waals surface area contributed by atoms with Gasteiger partial charge < -0.3 is 10.3 Å². The van der Waals surface area contributed by atoms with Crippen LogP contribution in [-0.2, 0) is 0 Å². The number of aromatic nitrogens is 2. The summed E-state index contributed by atoms with van der Waals surface area (Å²) in [4.78, 5) is 10.2. The fraction of sp³-hybridized carbons (Fsp3) is 0. The van der Waals surface area contributed by atoms with Crippen LogP contribution >= 0.6 is 23.4 Å². The monoisotopic (exact) mass is 351 g/mol. The molecule has 0 aliphatic rings. The summed E-state index contributed by atoms with van der Waals surface area (Å²) in [5.74, 6) is 0.651. The third kappa shape index (κ3) is 2.54. The van der Waals surface area contributed by atoms with Gasteiger partial charge in [-0.05, 0) is 0 Å². The third-order valence-electron chi connectivity index (χ3n) is 3.72. The first-order chi connectivity index (χ1) is 11.8. The molecule has 2 aromatic heterocycles. The fourth-order valence-corrected chi connectivity index (χ4v) is 4.01. The van der Waals surface area contributed by atoms with Gasteiger partial charge in [-0.15, -0.1) is 11.3 Å². The van der Waals surface area contributed by atoms with Crippen molar-refractivity contribution in [1.29, 1.82) is 0 Å². The summed E-state index contributed by atoms with van der Waals surface area (Å²) in [6, 6.07) is 19.7. The number of fused-ring (bicyclic) bond motifs is 1. The molecule has 24 heavy (non-hydrogen) atoms. The SMILES string of the molecule is Nc1c(SO)sc2nc(-c3ccccc3)nc(-c3ccccc3)c12. The van der Waals surface area contributed by atoms with E-state index in [1.54, 1.807) is 0 Å². The summed E-state index contributed by atoms with van der Waals surface area (Å²) in [5, 5.41) is 0.794. The highest BCUT2D eigenvalue weighted by Crippen LogP contribution is 2.43. The molecular weight excluding hydrogens is 338 g/mol. The molecule has 0 amide bonds. The van der Waals surface area contributed by atoms with Gasteiger partial charge in [0.2, 0.25) is 0 Å². The van der Waals surface area contributed by atoms with Crippen molar-refractivity contribution < 1.29 is 4.55 Å². The normalized spacial score (nSPS) is 11.0. The first-order valence-corrected chi connectivity index (χ1v) is 8.89. The summed E-state index contributed by atoms with van der Waals surface area (Å²) >= 11 is 2.03. The van der Waals surface area contributed by atoms with Gasteiger partial charge in [-0.25, -0.2) is 9.97 Å². The van der Waals surface area contributed by atoms with Crippen LogP contribution in [0, 0.1) is 0 Å². The maximum atomic E-state index is 9.47. The van der Waals surface area contributed by atoms with E-state index in [0.29, 0.717) is 27.8 Å². The van der Waals surface area contributed by atoms with E-state index >= 15 is 0 Å². The zero-order valence-electron chi connectivity index (χ0n) is 12.5. The van der Waals surface area contributed by atoms with Crippen molar-refractivity contribution >= 4 is 39.3 Å². The second-order valence-electron chi connectivity index (χ2n) is 5.20. The molecule has 0 aliphatic heterocycles. The van der Waals surface area contributed by atoms with Crippen molar-refractivity contribution in [2.75, 3.05) is 5.73 Å². The summed E-state index contributed by atoms with van der Waals surface area (Å²) in [7, 11) is 0. The average Bonchev–Trinajstić information content (AvgIpc) is 2.98. The molecule has 4 aromatic rings. The van der Waals surface area contributed by atoms with E-state index in [1.807, 2.05) is 60.7 Å². The number of anilines is 1. The second kappa shape index (κ2) is 6.24. The van der Waals surface area contributed by atoms with Crippen molar-refractivity contribution in [2.45, 2.75) is 4.21 Å². The van der Waals surface area contributed by atoms with Gasteiger partial charge in [0.05, 0.1) is 16.8 Å². The Bertz CT molecular complexity index is 1000. The van der Waals surface area contributed by atoms with E-state index in [-0.39, 0.29) is 0 Å². The van der Waals surface area contributed by atoms with Crippen LogP contribution in [0.1, 0.15) is 0 Å². The van der Waals surface area contributed by atoms with Gasteiger partial charge >= 0.3 is 0 Å². The third-order valence-corrected chi connectivity index (χ3v) is 5.47. The molecule has 0 radical (unpaired) electrons. The Morgan fingerprint density at radius 3 is 2.12 bits per heavy atom. The van der Waals surface area contributed by atoms with Crippen molar-refractivity contribution in [3.63, 3.8) is 0 Å². The van der Waals surface area contributed by atoms with Gasteiger partial charge in [-0.3, -0.25) is 0 Å². The lowest BCUT2D eigenvalue weighted by Crippen LogP contribution is -1.95. The molecule has 0 spiro atoms. The molecule has 0 saturated carbocycles. The topological polar surface area (TPSA) is 72.0 Å². The van der Waals surface area contributed by atoms with E-state index in [1.165, 1.54) is 11.3 Å². The highest BCUT2D eigenvalue weighted by molar-refractivity contribution is 7.96. The van der Waals surface area contributed by atoms with Gasteiger partial charge in [0.15, 0.2) is 5.82 Å². The molecular formula is C18H13N3OS2. The number of hydrogen-bond donors (Lipinski definition) is 2. The van der Waals surface area contributed by atoms with Gasteiger partial charge in [0.1, 0.15) is 9.04 Å². The van der Waals surface area contributed by atoms with E-state index in [9.17, 15) is 4.55 Å². The number of rotatable bonds is 3. The highest BCUT2D eigenvalue weighted by atomic mass is 32.2. The number of thiophene rings is 1. The van der Waals surface area contributed by atoms with Gasteiger partial charge in [-0.1, -0.05) is 60.7 Å². The maximum Gasteiger partial charge on any atom is 0.161 e. The minimum absolute atomic E-state index is 0.529. The Labute approximate surface area is 147 Å². The second-order valence-corrected chi connectivity index (χ2v) is 7.05. The highest BCUT2D eigenvalue weighted by Gasteiger charge is 2.19. The van der Waals surface area contributed by atoms with E-state index in [4.69, 9.17) is 10.7 Å². The van der Waals surface area contributed by atoms with Crippen LogP contribution in [0.4, 0.5) is 5.69 Å². The Kier molecular flexibility index (Phi) is 3.93. The molecule has 0 fully saturated rings. The zero-order valence-corrected chi connectivity index (χ0v) is 14.1. The summed E-state index contributed by atoms with van der Waals surface area (Å²) in [6.45, 7) is 0. The molecule has 4 nitrogen and oxygen atoms in total. The smallest absolute Gasteiger partial charge is 0.161 e. The predicted octanol–water partition coefficient (Wildman–Crippen LogP) is 5.17. The summed E-state index contributed by atoms with van der Waals surface area (Å²) in [5.41, 5.74) is 9.46. The standard InChI is InChI=1S/C18H13N3OS2/c19-14-13-15(11-7-3-1-4-8-11)20-16(12-9-5-2-6-10-12)21-17(13)23-18(14)24-22/h1-10,22H,19H2. The quantitative estimate of drug-likeness (QED) is 0.498. The maximum absolute atomic E-state index is 9.47. The van der Waals surface area contributed by atoms with Crippen molar-refractivity contribution in [2.24, 2.45) is 0 Å². The number of nitrogen functional groups attached to an aromatic ring is 1. The molecule has 0 atom stereocenters. The lowest BCUT2D eigenvalue weighted by atomic mass is 10.1. The Morgan fingerprint density at radius 2 is 1.50 bits per heavy atom. The van der Waals surface area contributed by atoms with E-state index in [0.717, 1.165) is 27.0 Å². The Balaban J connectivity index is 2.05. The average molecular weight is 351 g/mol. The van der Waals surface area contributed by atoms with Gasteiger partial charge in [0, 0.05) is 23.2 Å². The lowest BCUT2D eigenvalue weighted by molar-refractivity contribution is 0.666. The summed E-state index contributed by atoms with van der Waals surface area (Å²) in [6.07, 6.45) is 0. The Morgan fingerprint density at radius 1 is 0.875 bits per heavy atom. The minimum atomic E-state index is 0.529. The fourth-order valence-electron chi connectivity index (χ4n) is 2.59.